The number of hydrogen-bond donors (Lipinski definition) is 0. The summed E-state index contributed by atoms with van der Waals surface area (Å²) in [4.78, 5) is 31.3. The van der Waals surface area contributed by atoms with E-state index < -0.39 is 11.8 Å². The third-order valence-corrected chi connectivity index (χ3v) is 5.53. The molecule has 146 valence electrons. The average Bonchev–Trinajstić information content (AvgIpc) is 2.77. The Hall–Kier alpha value is -3.02. The van der Waals surface area contributed by atoms with Gasteiger partial charge in [-0.3, -0.25) is 9.59 Å². The van der Waals surface area contributed by atoms with E-state index in [1.807, 2.05) is 48.5 Å². The van der Waals surface area contributed by atoms with Gasteiger partial charge in [0.25, 0.3) is 0 Å². The quantitative estimate of drug-likeness (QED) is 0.752. The van der Waals surface area contributed by atoms with Crippen molar-refractivity contribution < 1.29 is 14.3 Å². The largest absolute Gasteiger partial charge is 0.495 e. The highest BCUT2D eigenvalue weighted by molar-refractivity contribution is 6.40. The molecule has 1 saturated heterocycles. The Bertz CT molecular complexity index is 875. The molecule has 0 saturated carbocycles. The highest BCUT2D eigenvalue weighted by Gasteiger charge is 2.32. The summed E-state index contributed by atoms with van der Waals surface area (Å²) in [6.45, 7) is 3.00. The number of hydrogen-bond acceptors (Lipinski definition) is 4. The van der Waals surface area contributed by atoms with E-state index in [9.17, 15) is 9.59 Å². The first kappa shape index (κ1) is 18.3. The zero-order valence-electron chi connectivity index (χ0n) is 16.1. The lowest BCUT2D eigenvalue weighted by atomic mass is 10.0. The molecule has 2 aromatic carbocycles. The molecule has 0 aromatic heterocycles. The molecular formula is C22H25N3O3. The van der Waals surface area contributed by atoms with Crippen LogP contribution in [-0.2, 0) is 16.0 Å². The summed E-state index contributed by atoms with van der Waals surface area (Å²) < 4.78 is 5.44. The zero-order chi connectivity index (χ0) is 19.5. The maximum absolute atomic E-state index is 12.9. The molecule has 2 aliphatic rings. The number of aryl methyl sites for hydroxylation is 1. The molecule has 6 nitrogen and oxygen atoms in total. The zero-order valence-corrected chi connectivity index (χ0v) is 16.1. The maximum atomic E-state index is 12.9. The van der Waals surface area contributed by atoms with Gasteiger partial charge in [0.05, 0.1) is 12.8 Å². The molecular weight excluding hydrogens is 354 g/mol. The van der Waals surface area contributed by atoms with Crippen LogP contribution in [0.3, 0.4) is 0 Å². The van der Waals surface area contributed by atoms with Gasteiger partial charge in [0, 0.05) is 38.4 Å². The molecule has 28 heavy (non-hydrogen) atoms. The molecule has 0 aliphatic carbocycles. The van der Waals surface area contributed by atoms with Crippen LogP contribution in [0.25, 0.3) is 0 Å². The molecule has 0 unspecified atom stereocenters. The molecule has 6 heteroatoms. The lowest BCUT2D eigenvalue weighted by molar-refractivity contribution is -0.144. The Labute approximate surface area is 165 Å². The third kappa shape index (κ3) is 3.42. The van der Waals surface area contributed by atoms with Crippen molar-refractivity contribution in [1.29, 1.82) is 0 Å². The van der Waals surface area contributed by atoms with E-state index in [0.29, 0.717) is 32.7 Å². The fourth-order valence-electron chi connectivity index (χ4n) is 4.04. The average molecular weight is 379 g/mol. The molecule has 4 rings (SSSR count). The van der Waals surface area contributed by atoms with Gasteiger partial charge < -0.3 is 19.4 Å². The van der Waals surface area contributed by atoms with Crippen LogP contribution in [0.1, 0.15) is 12.0 Å². The van der Waals surface area contributed by atoms with E-state index >= 15 is 0 Å². The van der Waals surface area contributed by atoms with Gasteiger partial charge in [-0.25, -0.2) is 0 Å². The highest BCUT2D eigenvalue weighted by Crippen LogP contribution is 2.29. The van der Waals surface area contributed by atoms with Crippen molar-refractivity contribution >= 4 is 23.2 Å². The molecule has 1 fully saturated rings. The van der Waals surface area contributed by atoms with Crippen LogP contribution in [0.4, 0.5) is 11.4 Å². The predicted molar refractivity (Wildman–Crippen MR) is 109 cm³/mol. The SMILES string of the molecule is COc1ccccc1N1CCN(C(=O)C(=O)N2CCCc3ccccc32)CC1. The van der Waals surface area contributed by atoms with Crippen LogP contribution >= 0.6 is 0 Å². The minimum Gasteiger partial charge on any atom is -0.495 e. The van der Waals surface area contributed by atoms with Crippen molar-refractivity contribution in [3.63, 3.8) is 0 Å². The van der Waals surface area contributed by atoms with E-state index in [0.717, 1.165) is 35.5 Å². The fraction of sp³-hybridized carbons (Fsp3) is 0.364. The summed E-state index contributed by atoms with van der Waals surface area (Å²) >= 11 is 0. The maximum Gasteiger partial charge on any atom is 0.316 e. The second-order valence-electron chi connectivity index (χ2n) is 7.14. The first-order chi connectivity index (χ1) is 13.7. The van der Waals surface area contributed by atoms with E-state index in [1.165, 1.54) is 0 Å². The van der Waals surface area contributed by atoms with Gasteiger partial charge in [0.1, 0.15) is 5.75 Å². The van der Waals surface area contributed by atoms with Crippen LogP contribution in [-0.4, -0.2) is 56.5 Å². The summed E-state index contributed by atoms with van der Waals surface area (Å²) in [5.74, 6) is -0.00227. The first-order valence-corrected chi connectivity index (χ1v) is 9.75. The van der Waals surface area contributed by atoms with E-state index in [1.54, 1.807) is 16.9 Å². The fourth-order valence-corrected chi connectivity index (χ4v) is 4.04. The number of carbonyl (C=O) groups excluding carboxylic acids is 2. The van der Waals surface area contributed by atoms with Crippen molar-refractivity contribution in [2.45, 2.75) is 12.8 Å². The van der Waals surface area contributed by atoms with Crippen molar-refractivity contribution in [2.24, 2.45) is 0 Å². The topological polar surface area (TPSA) is 53.1 Å². The molecule has 2 aliphatic heterocycles. The van der Waals surface area contributed by atoms with Crippen LogP contribution in [0.5, 0.6) is 5.75 Å². The molecule has 0 radical (unpaired) electrons. The molecule has 2 heterocycles. The summed E-state index contributed by atoms with van der Waals surface area (Å²) in [7, 11) is 1.66. The van der Waals surface area contributed by atoms with Crippen molar-refractivity contribution in [2.75, 3.05) is 49.6 Å². The minimum atomic E-state index is -0.419. The molecule has 0 spiro atoms. The van der Waals surface area contributed by atoms with Gasteiger partial charge in [-0.2, -0.15) is 0 Å². The third-order valence-electron chi connectivity index (χ3n) is 5.53. The smallest absolute Gasteiger partial charge is 0.316 e. The summed E-state index contributed by atoms with van der Waals surface area (Å²) in [5.41, 5.74) is 3.03. The Morgan fingerprint density at radius 1 is 0.821 bits per heavy atom. The van der Waals surface area contributed by atoms with E-state index in [4.69, 9.17) is 4.74 Å². The molecule has 2 amide bonds. The van der Waals surface area contributed by atoms with Crippen LogP contribution < -0.4 is 14.5 Å². The van der Waals surface area contributed by atoms with Gasteiger partial charge in [-0.1, -0.05) is 30.3 Å². The number of rotatable bonds is 2. The van der Waals surface area contributed by atoms with E-state index in [-0.39, 0.29) is 0 Å². The van der Waals surface area contributed by atoms with E-state index in [2.05, 4.69) is 4.90 Å². The van der Waals surface area contributed by atoms with Crippen LogP contribution in [0.15, 0.2) is 48.5 Å². The second-order valence-corrected chi connectivity index (χ2v) is 7.14. The number of methoxy groups -OCH3 is 1. The van der Waals surface area contributed by atoms with Gasteiger partial charge in [0.15, 0.2) is 0 Å². The number of anilines is 2. The number of fused-ring (bicyclic) bond motifs is 1. The first-order valence-electron chi connectivity index (χ1n) is 9.75. The summed E-state index contributed by atoms with van der Waals surface area (Å²) in [6, 6.07) is 15.7. The van der Waals surface area contributed by atoms with Crippen molar-refractivity contribution in [3.8, 4) is 5.75 Å². The number of carbonyl (C=O) groups is 2. The highest BCUT2D eigenvalue weighted by atomic mass is 16.5. The Kier molecular flexibility index (Phi) is 5.19. The standard InChI is InChI=1S/C22H25N3O3/c1-28-20-11-5-4-10-19(20)23-13-15-24(16-14-23)21(26)22(27)25-12-6-8-17-7-2-3-9-18(17)25/h2-5,7,9-11H,6,8,12-16H2,1H3. The van der Waals surface area contributed by atoms with Gasteiger partial charge in [0.2, 0.25) is 0 Å². The molecule has 0 bridgehead atoms. The van der Waals surface area contributed by atoms with Gasteiger partial charge in [-0.15, -0.1) is 0 Å². The minimum absolute atomic E-state index is 0.406. The number of amides is 2. The van der Waals surface area contributed by atoms with Crippen LogP contribution in [0, 0.1) is 0 Å². The summed E-state index contributed by atoms with van der Waals surface area (Å²) in [5, 5.41) is 0. The second kappa shape index (κ2) is 7.92. The number of nitrogens with zero attached hydrogens (tertiary/aromatic N) is 3. The Morgan fingerprint density at radius 2 is 1.50 bits per heavy atom. The summed E-state index contributed by atoms with van der Waals surface area (Å²) in [6.07, 6.45) is 1.84. The number of benzene rings is 2. The lowest BCUT2D eigenvalue weighted by Crippen LogP contribution is -2.54. The Morgan fingerprint density at radius 3 is 2.25 bits per heavy atom. The molecule has 2 aromatic rings. The number of para-hydroxylation sites is 3. The molecule has 0 N–H and O–H groups in total. The van der Waals surface area contributed by atoms with Crippen molar-refractivity contribution in [1.82, 2.24) is 4.90 Å². The number of ether oxygens (including phenoxy) is 1. The van der Waals surface area contributed by atoms with Gasteiger partial charge in [-0.05, 0) is 36.6 Å². The van der Waals surface area contributed by atoms with Crippen molar-refractivity contribution in [3.05, 3.63) is 54.1 Å². The predicted octanol–water partition coefficient (Wildman–Crippen LogP) is 2.32. The monoisotopic (exact) mass is 379 g/mol. The number of piperazine rings is 1. The van der Waals surface area contributed by atoms with Crippen LogP contribution in [0.2, 0.25) is 0 Å². The lowest BCUT2D eigenvalue weighted by Gasteiger charge is -2.37. The Balaban J connectivity index is 1.43. The normalized spacial score (nSPS) is 16.5. The van der Waals surface area contributed by atoms with Gasteiger partial charge >= 0.3 is 11.8 Å². The molecule has 0 atom stereocenters.